The van der Waals surface area contributed by atoms with Crippen molar-refractivity contribution in [2.24, 2.45) is 10.9 Å². The van der Waals surface area contributed by atoms with E-state index in [1.165, 1.54) is 18.2 Å². The predicted octanol–water partition coefficient (Wildman–Crippen LogP) is 3.24. The van der Waals surface area contributed by atoms with Gasteiger partial charge in [0.05, 0.1) is 10.5 Å². The number of hydrogen-bond acceptors (Lipinski definition) is 5. The Hall–Kier alpha value is -2.61. The van der Waals surface area contributed by atoms with Crippen molar-refractivity contribution < 1.29 is 14.9 Å². The summed E-state index contributed by atoms with van der Waals surface area (Å²) in [7, 11) is 0. The van der Waals surface area contributed by atoms with Crippen molar-refractivity contribution in [3.05, 3.63) is 62.6 Å². The molecule has 0 saturated heterocycles. The molecule has 2 rings (SSSR count). The first-order chi connectivity index (χ1) is 10.0. The molecule has 108 valence electrons. The molecule has 0 aromatic heterocycles. The predicted molar refractivity (Wildman–Crippen MR) is 79.8 cm³/mol. The molecule has 0 aliphatic carbocycles. The van der Waals surface area contributed by atoms with Crippen molar-refractivity contribution in [3.8, 4) is 11.5 Å². The number of rotatable bonds is 4. The van der Waals surface area contributed by atoms with Gasteiger partial charge in [0, 0.05) is 16.6 Å². The molecule has 0 aliphatic rings. The zero-order valence-electron chi connectivity index (χ0n) is 10.6. The molecule has 0 amide bonds. The minimum atomic E-state index is -0.572. The van der Waals surface area contributed by atoms with Gasteiger partial charge in [-0.25, -0.2) is 0 Å². The number of halogens is 1. The van der Waals surface area contributed by atoms with E-state index >= 15 is 0 Å². The maximum atomic E-state index is 10.8. The Kier molecular flexibility index (Phi) is 4.39. The number of nitrogens with two attached hydrogens (primary N) is 1. The number of amidine groups is 1. The van der Waals surface area contributed by atoms with Crippen LogP contribution >= 0.6 is 15.9 Å². The Labute approximate surface area is 127 Å². The van der Waals surface area contributed by atoms with Crippen molar-refractivity contribution in [2.45, 2.75) is 0 Å². The van der Waals surface area contributed by atoms with Crippen molar-refractivity contribution in [1.29, 1.82) is 0 Å². The highest BCUT2D eigenvalue weighted by atomic mass is 79.9. The molecule has 8 heteroatoms. The van der Waals surface area contributed by atoms with Crippen molar-refractivity contribution >= 4 is 27.5 Å². The third-order valence-corrected chi connectivity index (χ3v) is 3.07. The van der Waals surface area contributed by atoms with Crippen LogP contribution in [-0.2, 0) is 0 Å². The SMILES string of the molecule is NC(=NO)c1cc([N+](=O)[O-])ccc1Oc1cccc(Br)c1. The fourth-order valence-corrected chi connectivity index (χ4v) is 2.01. The number of ether oxygens (including phenoxy) is 1. The summed E-state index contributed by atoms with van der Waals surface area (Å²) in [5.74, 6) is 0.475. The van der Waals surface area contributed by atoms with Crippen LogP contribution in [-0.4, -0.2) is 16.0 Å². The average molecular weight is 352 g/mol. The van der Waals surface area contributed by atoms with Gasteiger partial charge in [0.15, 0.2) is 5.84 Å². The summed E-state index contributed by atoms with van der Waals surface area (Å²) < 4.78 is 6.44. The van der Waals surface area contributed by atoms with Crippen LogP contribution in [0.15, 0.2) is 52.1 Å². The normalized spacial score (nSPS) is 11.2. The minimum absolute atomic E-state index is 0.131. The van der Waals surface area contributed by atoms with Gasteiger partial charge in [0.2, 0.25) is 0 Å². The molecule has 0 fully saturated rings. The fraction of sp³-hybridized carbons (Fsp3) is 0. The van der Waals surface area contributed by atoms with E-state index in [0.29, 0.717) is 5.75 Å². The zero-order chi connectivity index (χ0) is 15.4. The van der Waals surface area contributed by atoms with E-state index in [0.717, 1.165) is 4.47 Å². The van der Waals surface area contributed by atoms with E-state index in [-0.39, 0.29) is 22.8 Å². The van der Waals surface area contributed by atoms with Crippen LogP contribution in [0.2, 0.25) is 0 Å². The van der Waals surface area contributed by atoms with Gasteiger partial charge in [-0.1, -0.05) is 27.2 Å². The second-order valence-corrected chi connectivity index (χ2v) is 4.90. The lowest BCUT2D eigenvalue weighted by Gasteiger charge is -2.10. The molecule has 0 atom stereocenters. The standard InChI is InChI=1S/C13H10BrN3O4/c14-8-2-1-3-10(6-8)21-12-5-4-9(17(19)20)7-11(12)13(15)16-18/h1-7,18H,(H2,15,16). The smallest absolute Gasteiger partial charge is 0.270 e. The number of non-ortho nitro benzene ring substituents is 1. The second kappa shape index (κ2) is 6.23. The summed E-state index contributed by atoms with van der Waals surface area (Å²) in [6.45, 7) is 0. The van der Waals surface area contributed by atoms with E-state index in [1.807, 2.05) is 6.07 Å². The Bertz CT molecular complexity index is 718. The molecule has 2 aromatic carbocycles. The minimum Gasteiger partial charge on any atom is -0.457 e. The van der Waals surface area contributed by atoms with E-state index in [1.54, 1.807) is 18.2 Å². The van der Waals surface area contributed by atoms with Crippen LogP contribution in [0.3, 0.4) is 0 Å². The monoisotopic (exact) mass is 351 g/mol. The third kappa shape index (κ3) is 3.48. The second-order valence-electron chi connectivity index (χ2n) is 3.98. The summed E-state index contributed by atoms with van der Waals surface area (Å²) in [4.78, 5) is 10.2. The Balaban J connectivity index is 2.45. The lowest BCUT2D eigenvalue weighted by Crippen LogP contribution is -2.14. The first-order valence-corrected chi connectivity index (χ1v) is 6.50. The van der Waals surface area contributed by atoms with Crippen LogP contribution in [0.4, 0.5) is 5.69 Å². The molecule has 7 nitrogen and oxygen atoms in total. The number of nitro groups is 1. The number of oxime groups is 1. The van der Waals surface area contributed by atoms with Crippen LogP contribution in [0.5, 0.6) is 11.5 Å². The van der Waals surface area contributed by atoms with Gasteiger partial charge in [-0.2, -0.15) is 0 Å². The molecule has 0 unspecified atom stereocenters. The van der Waals surface area contributed by atoms with Gasteiger partial charge >= 0.3 is 0 Å². The topological polar surface area (TPSA) is 111 Å². The molecule has 3 N–H and O–H groups in total. The quantitative estimate of drug-likeness (QED) is 0.288. The molecule has 21 heavy (non-hydrogen) atoms. The Morgan fingerprint density at radius 1 is 1.33 bits per heavy atom. The van der Waals surface area contributed by atoms with Gasteiger partial charge in [0.25, 0.3) is 5.69 Å². The molecule has 2 aromatic rings. The molecule has 0 radical (unpaired) electrons. The zero-order valence-corrected chi connectivity index (χ0v) is 12.1. The van der Waals surface area contributed by atoms with Crippen LogP contribution in [0.1, 0.15) is 5.56 Å². The molecule has 0 spiro atoms. The maximum absolute atomic E-state index is 10.8. The number of hydrogen-bond donors (Lipinski definition) is 2. The molecule has 0 aliphatic heterocycles. The van der Waals surface area contributed by atoms with Crippen molar-refractivity contribution in [1.82, 2.24) is 0 Å². The van der Waals surface area contributed by atoms with Crippen molar-refractivity contribution in [2.75, 3.05) is 0 Å². The molecular weight excluding hydrogens is 342 g/mol. The van der Waals surface area contributed by atoms with E-state index in [9.17, 15) is 10.1 Å². The van der Waals surface area contributed by atoms with E-state index < -0.39 is 4.92 Å². The van der Waals surface area contributed by atoms with Gasteiger partial charge in [-0.3, -0.25) is 10.1 Å². The fourth-order valence-electron chi connectivity index (χ4n) is 1.63. The van der Waals surface area contributed by atoms with E-state index in [4.69, 9.17) is 15.7 Å². The first-order valence-electron chi connectivity index (χ1n) is 5.71. The molecule has 0 heterocycles. The molecular formula is C13H10BrN3O4. The van der Waals surface area contributed by atoms with Crippen molar-refractivity contribution in [3.63, 3.8) is 0 Å². The van der Waals surface area contributed by atoms with Gasteiger partial charge in [-0.05, 0) is 24.3 Å². The lowest BCUT2D eigenvalue weighted by atomic mass is 10.1. The first kappa shape index (κ1) is 14.8. The number of benzene rings is 2. The van der Waals surface area contributed by atoms with Gasteiger partial charge < -0.3 is 15.7 Å². The summed E-state index contributed by atoms with van der Waals surface area (Å²) in [6.07, 6.45) is 0. The largest absolute Gasteiger partial charge is 0.457 e. The number of nitro benzene ring substituents is 1. The van der Waals surface area contributed by atoms with Crippen LogP contribution in [0.25, 0.3) is 0 Å². The number of nitrogens with zero attached hydrogens (tertiary/aromatic N) is 2. The summed E-state index contributed by atoms with van der Waals surface area (Å²) in [5.41, 5.74) is 5.48. The van der Waals surface area contributed by atoms with Crippen LogP contribution in [0, 0.1) is 10.1 Å². The van der Waals surface area contributed by atoms with Gasteiger partial charge in [-0.15, -0.1) is 0 Å². The summed E-state index contributed by atoms with van der Waals surface area (Å²) >= 11 is 3.31. The highest BCUT2D eigenvalue weighted by Crippen LogP contribution is 2.29. The lowest BCUT2D eigenvalue weighted by molar-refractivity contribution is -0.384. The highest BCUT2D eigenvalue weighted by Gasteiger charge is 2.15. The Morgan fingerprint density at radius 2 is 2.10 bits per heavy atom. The maximum Gasteiger partial charge on any atom is 0.270 e. The molecule has 0 bridgehead atoms. The van der Waals surface area contributed by atoms with E-state index in [2.05, 4.69) is 21.1 Å². The summed E-state index contributed by atoms with van der Waals surface area (Å²) in [6, 6.07) is 10.9. The third-order valence-electron chi connectivity index (χ3n) is 2.58. The van der Waals surface area contributed by atoms with Crippen LogP contribution < -0.4 is 10.5 Å². The Morgan fingerprint density at radius 3 is 2.71 bits per heavy atom. The average Bonchev–Trinajstić information content (AvgIpc) is 2.46. The van der Waals surface area contributed by atoms with Gasteiger partial charge in [0.1, 0.15) is 11.5 Å². The molecule has 0 saturated carbocycles. The summed E-state index contributed by atoms with van der Waals surface area (Å²) in [5, 5.41) is 22.4. The highest BCUT2D eigenvalue weighted by molar-refractivity contribution is 9.10.